The van der Waals surface area contributed by atoms with E-state index in [0.717, 1.165) is 17.5 Å². The van der Waals surface area contributed by atoms with Gasteiger partial charge in [0.1, 0.15) is 18.2 Å². The minimum absolute atomic E-state index is 0.138. The molecule has 2 fully saturated rings. The molecule has 0 N–H and O–H groups in total. The van der Waals surface area contributed by atoms with Gasteiger partial charge in [0.15, 0.2) is 0 Å². The number of ether oxygens (including phenoxy) is 2. The molecule has 4 rings (SSSR count). The molecule has 2 aromatic rings. The fourth-order valence-corrected chi connectivity index (χ4v) is 4.88. The zero-order chi connectivity index (χ0) is 26.4. The highest BCUT2D eigenvalue weighted by molar-refractivity contribution is 5.95. The fraction of sp³-hybridized carbons (Fsp3) is 0.483. The molecule has 2 heterocycles. The van der Waals surface area contributed by atoms with Crippen molar-refractivity contribution < 1.29 is 23.9 Å². The molecule has 0 bridgehead atoms. The molecule has 37 heavy (non-hydrogen) atoms. The van der Waals surface area contributed by atoms with Crippen LogP contribution >= 0.6 is 0 Å². The number of hydrogen-bond acceptors (Lipinski definition) is 6. The number of benzene rings is 2. The van der Waals surface area contributed by atoms with Gasteiger partial charge in [0, 0.05) is 32.7 Å². The number of carbonyl (C=O) groups is 3. The summed E-state index contributed by atoms with van der Waals surface area (Å²) in [6.45, 7) is 8.48. The number of carbonyl (C=O) groups excluding carboxylic acids is 3. The summed E-state index contributed by atoms with van der Waals surface area (Å²) in [4.78, 5) is 44.8. The summed E-state index contributed by atoms with van der Waals surface area (Å²) in [6, 6.07) is 19.2. The van der Waals surface area contributed by atoms with Crippen molar-refractivity contribution in [3.8, 4) is 0 Å². The lowest BCUT2D eigenvalue weighted by Crippen LogP contribution is -2.44. The van der Waals surface area contributed by atoms with Crippen molar-refractivity contribution in [1.82, 2.24) is 14.7 Å². The number of amides is 3. The third-order valence-electron chi connectivity index (χ3n) is 6.67. The predicted octanol–water partition coefficient (Wildman–Crippen LogP) is 4.86. The maximum absolute atomic E-state index is 13.9. The fourth-order valence-electron chi connectivity index (χ4n) is 4.88. The van der Waals surface area contributed by atoms with Gasteiger partial charge in [-0.2, -0.15) is 0 Å². The molecule has 2 aromatic carbocycles. The van der Waals surface area contributed by atoms with E-state index in [4.69, 9.17) is 9.47 Å². The first-order valence-corrected chi connectivity index (χ1v) is 13.0. The molecule has 2 saturated heterocycles. The smallest absolute Gasteiger partial charge is 0.417 e. The van der Waals surface area contributed by atoms with Crippen molar-refractivity contribution in [3.05, 3.63) is 71.8 Å². The highest BCUT2D eigenvalue weighted by Crippen LogP contribution is 2.30. The lowest BCUT2D eigenvalue weighted by Gasteiger charge is -2.30. The Balaban J connectivity index is 1.57. The van der Waals surface area contributed by atoms with E-state index in [1.165, 1.54) is 4.90 Å². The first kappa shape index (κ1) is 26.7. The lowest BCUT2D eigenvalue weighted by atomic mass is 9.99. The van der Waals surface area contributed by atoms with Crippen LogP contribution < -0.4 is 0 Å². The van der Waals surface area contributed by atoms with E-state index >= 15 is 0 Å². The topological polar surface area (TPSA) is 79.4 Å². The molecule has 3 amide bonds. The summed E-state index contributed by atoms with van der Waals surface area (Å²) >= 11 is 0. The average molecular weight is 508 g/mol. The number of imide groups is 1. The SMILES string of the molecule is CC(C)(C)OC(=O)N1CCCN(Cc2ccccc2)C[C@H](C(=O)N2C(=O)OC[C@H]2c2ccccc2)CC1. The molecule has 0 saturated carbocycles. The van der Waals surface area contributed by atoms with E-state index in [0.29, 0.717) is 39.1 Å². The Bertz CT molecular complexity index is 1070. The van der Waals surface area contributed by atoms with Gasteiger partial charge in [-0.05, 0) is 44.7 Å². The number of hydrogen-bond donors (Lipinski definition) is 0. The van der Waals surface area contributed by atoms with Crippen LogP contribution in [0.2, 0.25) is 0 Å². The van der Waals surface area contributed by atoms with Gasteiger partial charge in [-0.3, -0.25) is 9.69 Å². The van der Waals surface area contributed by atoms with Gasteiger partial charge in [-0.15, -0.1) is 0 Å². The summed E-state index contributed by atoms with van der Waals surface area (Å²) in [5, 5.41) is 0. The van der Waals surface area contributed by atoms with Gasteiger partial charge < -0.3 is 14.4 Å². The van der Waals surface area contributed by atoms with Crippen molar-refractivity contribution in [2.24, 2.45) is 5.92 Å². The molecule has 0 radical (unpaired) electrons. The van der Waals surface area contributed by atoms with E-state index < -0.39 is 23.7 Å². The Labute approximate surface area is 219 Å². The number of nitrogens with zero attached hydrogens (tertiary/aromatic N) is 3. The summed E-state index contributed by atoms with van der Waals surface area (Å²) in [5.74, 6) is -0.746. The zero-order valence-electron chi connectivity index (χ0n) is 22.0. The van der Waals surface area contributed by atoms with Crippen LogP contribution in [-0.2, 0) is 20.8 Å². The van der Waals surface area contributed by atoms with Crippen LogP contribution in [0.25, 0.3) is 0 Å². The molecule has 2 atom stereocenters. The minimum Gasteiger partial charge on any atom is -0.446 e. The molecule has 2 aliphatic heterocycles. The predicted molar refractivity (Wildman–Crippen MR) is 140 cm³/mol. The van der Waals surface area contributed by atoms with Crippen LogP contribution in [0.1, 0.15) is 50.8 Å². The van der Waals surface area contributed by atoms with Gasteiger partial charge in [0.05, 0.1) is 5.92 Å². The molecule has 0 aromatic heterocycles. The summed E-state index contributed by atoms with van der Waals surface area (Å²) in [6.07, 6.45) is 0.190. The normalized spacial score (nSPS) is 21.5. The monoisotopic (exact) mass is 507 g/mol. The van der Waals surface area contributed by atoms with E-state index in [-0.39, 0.29) is 18.6 Å². The Hall–Kier alpha value is -3.39. The second-order valence-corrected chi connectivity index (χ2v) is 10.7. The quantitative estimate of drug-likeness (QED) is 0.588. The Morgan fingerprint density at radius 1 is 0.973 bits per heavy atom. The average Bonchev–Trinajstić information content (AvgIpc) is 3.29. The Morgan fingerprint density at radius 3 is 2.32 bits per heavy atom. The molecule has 0 spiro atoms. The summed E-state index contributed by atoms with van der Waals surface area (Å²) in [5.41, 5.74) is 1.41. The molecule has 8 heteroatoms. The van der Waals surface area contributed by atoms with Gasteiger partial charge in [-0.1, -0.05) is 60.7 Å². The third kappa shape index (κ3) is 7.10. The first-order valence-electron chi connectivity index (χ1n) is 13.0. The molecular weight excluding hydrogens is 470 g/mol. The lowest BCUT2D eigenvalue weighted by molar-refractivity contribution is -0.134. The second kappa shape index (κ2) is 11.8. The molecule has 198 valence electrons. The molecular formula is C29H37N3O5. The zero-order valence-corrected chi connectivity index (χ0v) is 22.0. The highest BCUT2D eigenvalue weighted by atomic mass is 16.6. The van der Waals surface area contributed by atoms with Crippen molar-refractivity contribution >= 4 is 18.1 Å². The number of cyclic esters (lactones) is 1. The van der Waals surface area contributed by atoms with Crippen LogP contribution in [0.15, 0.2) is 60.7 Å². The van der Waals surface area contributed by atoms with Crippen molar-refractivity contribution in [2.45, 2.75) is 51.8 Å². The van der Waals surface area contributed by atoms with Crippen LogP contribution in [0.5, 0.6) is 0 Å². The molecule has 0 aliphatic carbocycles. The molecule has 8 nitrogen and oxygen atoms in total. The van der Waals surface area contributed by atoms with Gasteiger partial charge in [0.2, 0.25) is 5.91 Å². The van der Waals surface area contributed by atoms with Gasteiger partial charge >= 0.3 is 12.2 Å². The van der Waals surface area contributed by atoms with Crippen molar-refractivity contribution in [1.29, 1.82) is 0 Å². The van der Waals surface area contributed by atoms with E-state index in [9.17, 15) is 14.4 Å². The van der Waals surface area contributed by atoms with Crippen molar-refractivity contribution in [2.75, 3.05) is 32.8 Å². The van der Waals surface area contributed by atoms with E-state index in [2.05, 4.69) is 17.0 Å². The second-order valence-electron chi connectivity index (χ2n) is 10.7. The van der Waals surface area contributed by atoms with Crippen LogP contribution in [0.4, 0.5) is 9.59 Å². The van der Waals surface area contributed by atoms with Crippen LogP contribution in [-0.4, -0.2) is 71.2 Å². The van der Waals surface area contributed by atoms with Gasteiger partial charge in [-0.25, -0.2) is 14.5 Å². The highest BCUT2D eigenvalue weighted by Gasteiger charge is 2.42. The van der Waals surface area contributed by atoms with Crippen molar-refractivity contribution in [3.63, 3.8) is 0 Å². The summed E-state index contributed by atoms with van der Waals surface area (Å²) in [7, 11) is 0. The van der Waals surface area contributed by atoms with Crippen LogP contribution in [0.3, 0.4) is 0 Å². The molecule has 2 aliphatic rings. The first-order chi connectivity index (χ1) is 17.7. The Morgan fingerprint density at radius 2 is 1.65 bits per heavy atom. The largest absolute Gasteiger partial charge is 0.446 e. The minimum atomic E-state index is -0.614. The third-order valence-corrected chi connectivity index (χ3v) is 6.67. The summed E-state index contributed by atoms with van der Waals surface area (Å²) < 4.78 is 11.0. The maximum Gasteiger partial charge on any atom is 0.417 e. The van der Waals surface area contributed by atoms with E-state index in [1.54, 1.807) is 4.90 Å². The Kier molecular flexibility index (Phi) is 8.48. The van der Waals surface area contributed by atoms with E-state index in [1.807, 2.05) is 69.3 Å². The maximum atomic E-state index is 13.9. The molecule has 0 unspecified atom stereocenters. The van der Waals surface area contributed by atoms with Gasteiger partial charge in [0.25, 0.3) is 0 Å². The van der Waals surface area contributed by atoms with Crippen LogP contribution in [0, 0.1) is 5.92 Å². The number of rotatable bonds is 4. The standard InChI is InChI=1S/C29H37N3O5/c1-29(2,3)37-27(34)31-17-10-16-30(19-22-11-6-4-7-12-22)20-24(15-18-31)26(33)32-25(21-36-28(32)35)23-13-8-5-9-14-23/h4-9,11-14,24-25H,10,15-21H2,1-3H3/t24-,25+/m1/s1.